The van der Waals surface area contributed by atoms with Gasteiger partial charge in [-0.15, -0.1) is 11.6 Å². The molecule has 0 atom stereocenters. The Labute approximate surface area is 134 Å². The molecule has 2 rings (SSSR count). The molecule has 100 valence electrons. The molecule has 0 saturated carbocycles. The first kappa shape index (κ1) is 14.8. The molecule has 1 aromatic heterocycles. The summed E-state index contributed by atoms with van der Waals surface area (Å²) >= 11 is 12.8. The molecule has 0 aliphatic carbocycles. The van der Waals surface area contributed by atoms with E-state index in [2.05, 4.69) is 36.8 Å². The van der Waals surface area contributed by atoms with Crippen LogP contribution in [0.4, 0.5) is 0 Å². The van der Waals surface area contributed by atoms with Gasteiger partial charge in [0.1, 0.15) is 12.4 Å². The zero-order chi connectivity index (χ0) is 13.8. The van der Waals surface area contributed by atoms with Crippen molar-refractivity contribution in [2.24, 2.45) is 0 Å². The summed E-state index contributed by atoms with van der Waals surface area (Å²) < 4.78 is 7.60. The summed E-state index contributed by atoms with van der Waals surface area (Å²) in [7, 11) is 0. The third-order valence-electron chi connectivity index (χ3n) is 2.68. The van der Waals surface area contributed by atoms with Gasteiger partial charge in [0.2, 0.25) is 0 Å². The van der Waals surface area contributed by atoms with Crippen LogP contribution in [0.15, 0.2) is 39.4 Å². The highest BCUT2D eigenvalue weighted by Gasteiger charge is 2.10. The van der Waals surface area contributed by atoms with Gasteiger partial charge in [-0.05, 0) is 68.1 Å². The number of benzene rings is 1. The van der Waals surface area contributed by atoms with Crippen LogP contribution in [0.2, 0.25) is 0 Å². The number of aromatic nitrogens is 1. The van der Waals surface area contributed by atoms with Crippen LogP contribution in [-0.4, -0.2) is 4.98 Å². The van der Waals surface area contributed by atoms with Gasteiger partial charge in [0.25, 0.3) is 0 Å². The fourth-order valence-corrected chi connectivity index (χ4v) is 3.30. The number of hydrogen-bond donors (Lipinski definition) is 0. The van der Waals surface area contributed by atoms with E-state index < -0.39 is 0 Å². The minimum atomic E-state index is 0.435. The minimum Gasteiger partial charge on any atom is -0.485 e. The first-order valence-corrected chi connectivity index (χ1v) is 7.81. The van der Waals surface area contributed by atoms with Gasteiger partial charge in [-0.3, -0.25) is 4.98 Å². The highest BCUT2D eigenvalue weighted by molar-refractivity contribution is 9.11. The second-order valence-electron chi connectivity index (χ2n) is 4.08. The van der Waals surface area contributed by atoms with E-state index in [9.17, 15) is 0 Å². The predicted octanol–water partition coefficient (Wildman–Crippen LogP) is 5.23. The van der Waals surface area contributed by atoms with Crippen LogP contribution < -0.4 is 4.74 Å². The molecule has 5 heteroatoms. The average Bonchev–Trinajstić information content (AvgIpc) is 2.39. The summed E-state index contributed by atoms with van der Waals surface area (Å²) in [6, 6.07) is 7.85. The molecule has 1 aromatic carbocycles. The minimum absolute atomic E-state index is 0.435. The smallest absolute Gasteiger partial charge is 0.148 e. The third kappa shape index (κ3) is 3.71. The van der Waals surface area contributed by atoms with Crippen molar-refractivity contribution in [1.29, 1.82) is 0 Å². The highest BCUT2D eigenvalue weighted by Crippen LogP contribution is 2.35. The maximum atomic E-state index is 5.83. The van der Waals surface area contributed by atoms with Gasteiger partial charge in [0.15, 0.2) is 0 Å². The van der Waals surface area contributed by atoms with Crippen molar-refractivity contribution in [2.75, 3.05) is 0 Å². The number of nitrogens with zero attached hydrogens (tertiary/aromatic N) is 1. The zero-order valence-electron chi connectivity index (χ0n) is 10.3. The van der Waals surface area contributed by atoms with E-state index in [1.54, 1.807) is 6.20 Å². The van der Waals surface area contributed by atoms with Gasteiger partial charge in [-0.2, -0.15) is 0 Å². The van der Waals surface area contributed by atoms with Crippen LogP contribution in [0.1, 0.15) is 16.8 Å². The summed E-state index contributed by atoms with van der Waals surface area (Å²) in [5, 5.41) is 0. The lowest BCUT2D eigenvalue weighted by atomic mass is 10.2. The SMILES string of the molecule is Cc1cccnc1COc1c(Br)cc(CCl)cc1Br. The molecule has 0 unspecified atom stereocenters. The number of halogens is 3. The molecule has 0 bridgehead atoms. The van der Waals surface area contributed by atoms with Crippen molar-refractivity contribution in [1.82, 2.24) is 4.98 Å². The first-order chi connectivity index (χ1) is 9.11. The van der Waals surface area contributed by atoms with E-state index in [0.29, 0.717) is 12.5 Å². The van der Waals surface area contributed by atoms with Crippen molar-refractivity contribution in [3.63, 3.8) is 0 Å². The van der Waals surface area contributed by atoms with Crippen molar-refractivity contribution >= 4 is 43.5 Å². The maximum Gasteiger partial charge on any atom is 0.148 e. The van der Waals surface area contributed by atoms with Gasteiger partial charge in [0.05, 0.1) is 14.6 Å². The monoisotopic (exact) mass is 403 g/mol. The van der Waals surface area contributed by atoms with E-state index >= 15 is 0 Å². The molecule has 0 saturated heterocycles. The van der Waals surface area contributed by atoms with Crippen LogP contribution >= 0.6 is 43.5 Å². The molecule has 0 aliphatic rings. The second-order valence-corrected chi connectivity index (χ2v) is 6.05. The molecule has 0 spiro atoms. The van der Waals surface area contributed by atoms with Gasteiger partial charge in [0, 0.05) is 12.1 Å². The molecule has 19 heavy (non-hydrogen) atoms. The fourth-order valence-electron chi connectivity index (χ4n) is 1.64. The Hall–Kier alpha value is -0.580. The molecule has 2 nitrogen and oxygen atoms in total. The van der Waals surface area contributed by atoms with E-state index in [0.717, 1.165) is 31.5 Å². The highest BCUT2D eigenvalue weighted by atomic mass is 79.9. The lowest BCUT2D eigenvalue weighted by molar-refractivity contribution is 0.296. The maximum absolute atomic E-state index is 5.83. The quantitative estimate of drug-likeness (QED) is 0.650. The standard InChI is InChI=1S/C14H12Br2ClNO/c1-9-3-2-4-18-13(9)8-19-14-11(15)5-10(7-17)6-12(14)16/h2-6H,7-8H2,1H3. The number of pyridine rings is 1. The van der Waals surface area contributed by atoms with E-state index in [-0.39, 0.29) is 0 Å². The van der Waals surface area contributed by atoms with Crippen LogP contribution in [0.25, 0.3) is 0 Å². The van der Waals surface area contributed by atoms with Crippen LogP contribution in [0, 0.1) is 6.92 Å². The molecule has 0 aliphatic heterocycles. The molecule has 0 fully saturated rings. The van der Waals surface area contributed by atoms with E-state index in [4.69, 9.17) is 16.3 Å². The van der Waals surface area contributed by atoms with E-state index in [1.807, 2.05) is 31.2 Å². The normalized spacial score (nSPS) is 10.5. The van der Waals surface area contributed by atoms with Crippen molar-refractivity contribution in [2.45, 2.75) is 19.4 Å². The largest absolute Gasteiger partial charge is 0.485 e. The van der Waals surface area contributed by atoms with Crippen molar-refractivity contribution in [3.8, 4) is 5.75 Å². The Bertz CT molecular complexity index is 566. The molecule has 0 radical (unpaired) electrons. The Morgan fingerprint density at radius 2 is 1.95 bits per heavy atom. The third-order valence-corrected chi connectivity index (χ3v) is 4.17. The molecule has 2 aromatic rings. The fraction of sp³-hybridized carbons (Fsp3) is 0.214. The second kappa shape index (κ2) is 6.73. The van der Waals surface area contributed by atoms with Crippen LogP contribution in [0.3, 0.4) is 0 Å². The summed E-state index contributed by atoms with van der Waals surface area (Å²) in [4.78, 5) is 4.31. The zero-order valence-corrected chi connectivity index (χ0v) is 14.2. The lowest BCUT2D eigenvalue weighted by Gasteiger charge is -2.12. The summed E-state index contributed by atoms with van der Waals surface area (Å²) in [5.41, 5.74) is 3.08. The van der Waals surface area contributed by atoms with Gasteiger partial charge in [-0.25, -0.2) is 0 Å². The molecular formula is C14H12Br2ClNO. The molecule has 0 amide bonds. The van der Waals surface area contributed by atoms with Crippen LogP contribution in [-0.2, 0) is 12.5 Å². The first-order valence-electron chi connectivity index (χ1n) is 5.69. The Balaban J connectivity index is 2.18. The van der Waals surface area contributed by atoms with Gasteiger partial charge in [-0.1, -0.05) is 6.07 Å². The number of ether oxygens (including phenoxy) is 1. The summed E-state index contributed by atoms with van der Waals surface area (Å²) in [6.07, 6.45) is 1.77. The number of aryl methyl sites for hydroxylation is 1. The Kier molecular flexibility index (Phi) is 5.25. The topological polar surface area (TPSA) is 22.1 Å². The summed E-state index contributed by atoms with van der Waals surface area (Å²) in [6.45, 7) is 2.45. The predicted molar refractivity (Wildman–Crippen MR) is 84.7 cm³/mol. The van der Waals surface area contributed by atoms with Crippen molar-refractivity contribution < 1.29 is 4.74 Å². The lowest BCUT2D eigenvalue weighted by Crippen LogP contribution is -2.01. The average molecular weight is 406 g/mol. The Morgan fingerprint density at radius 1 is 1.26 bits per heavy atom. The van der Waals surface area contributed by atoms with Gasteiger partial charge < -0.3 is 4.74 Å². The van der Waals surface area contributed by atoms with Gasteiger partial charge >= 0.3 is 0 Å². The Morgan fingerprint density at radius 3 is 2.53 bits per heavy atom. The van der Waals surface area contributed by atoms with E-state index in [1.165, 1.54) is 0 Å². The number of hydrogen-bond acceptors (Lipinski definition) is 2. The number of alkyl halides is 1. The van der Waals surface area contributed by atoms with Crippen molar-refractivity contribution in [3.05, 3.63) is 56.2 Å². The molecule has 1 heterocycles. The molecular weight excluding hydrogens is 393 g/mol. The summed E-state index contributed by atoms with van der Waals surface area (Å²) in [5.74, 6) is 1.23. The molecule has 0 N–H and O–H groups in total. The van der Waals surface area contributed by atoms with Crippen LogP contribution in [0.5, 0.6) is 5.75 Å². The number of rotatable bonds is 4.